The van der Waals surface area contributed by atoms with E-state index >= 15 is 0 Å². The van der Waals surface area contributed by atoms with Crippen LogP contribution in [-0.4, -0.2) is 41.6 Å². The van der Waals surface area contributed by atoms with Gasteiger partial charge >= 0.3 is 0 Å². The van der Waals surface area contributed by atoms with E-state index in [1.54, 1.807) is 0 Å². The highest BCUT2D eigenvalue weighted by Crippen LogP contribution is 2.37. The molecule has 2 aliphatic heterocycles. The topological polar surface area (TPSA) is 43.8 Å². The lowest BCUT2D eigenvalue weighted by Crippen LogP contribution is -2.42. The average molecular weight is 330 g/mol. The first-order chi connectivity index (χ1) is 11.3. The molecular formula is C20H30N2O2. The molecule has 0 saturated carbocycles. The Morgan fingerprint density at radius 3 is 2.58 bits per heavy atom. The molecule has 3 rings (SSSR count). The van der Waals surface area contributed by atoms with Crippen molar-refractivity contribution in [3.05, 3.63) is 29.3 Å². The summed E-state index contributed by atoms with van der Waals surface area (Å²) in [6.07, 6.45) is 2.88. The van der Waals surface area contributed by atoms with Gasteiger partial charge in [-0.3, -0.25) is 4.79 Å². The summed E-state index contributed by atoms with van der Waals surface area (Å²) in [5.41, 5.74) is 2.78. The van der Waals surface area contributed by atoms with Gasteiger partial charge in [0.2, 0.25) is 5.91 Å². The Bertz CT molecular complexity index is 615. The summed E-state index contributed by atoms with van der Waals surface area (Å²) in [4.78, 5) is 17.0. The predicted octanol–water partition coefficient (Wildman–Crippen LogP) is 3.14. The maximum atomic E-state index is 12.8. The van der Waals surface area contributed by atoms with Crippen LogP contribution >= 0.6 is 0 Å². The lowest BCUT2D eigenvalue weighted by molar-refractivity contribution is -0.126. The van der Waals surface area contributed by atoms with E-state index in [0.717, 1.165) is 30.8 Å². The molecule has 132 valence electrons. The third-order valence-electron chi connectivity index (χ3n) is 5.19. The van der Waals surface area contributed by atoms with Crippen LogP contribution in [0.3, 0.4) is 0 Å². The second-order valence-corrected chi connectivity index (χ2v) is 8.39. The van der Waals surface area contributed by atoms with Crippen LogP contribution in [0.4, 0.5) is 5.69 Å². The van der Waals surface area contributed by atoms with E-state index < -0.39 is 6.10 Å². The quantitative estimate of drug-likeness (QED) is 0.926. The zero-order chi connectivity index (χ0) is 17.5. The molecule has 4 nitrogen and oxygen atoms in total. The molecule has 4 heteroatoms. The smallest absolute Gasteiger partial charge is 0.232 e. The predicted molar refractivity (Wildman–Crippen MR) is 97.2 cm³/mol. The van der Waals surface area contributed by atoms with Crippen LogP contribution in [0, 0.1) is 5.41 Å². The first-order valence-electron chi connectivity index (χ1n) is 9.14. The molecule has 2 aliphatic rings. The number of hydrogen-bond donors (Lipinski definition) is 1. The third-order valence-corrected chi connectivity index (χ3v) is 5.19. The van der Waals surface area contributed by atoms with Crippen molar-refractivity contribution in [3.63, 3.8) is 0 Å². The van der Waals surface area contributed by atoms with Gasteiger partial charge in [0.1, 0.15) is 0 Å². The van der Waals surface area contributed by atoms with E-state index in [1.807, 2.05) is 37.8 Å². The van der Waals surface area contributed by atoms with Crippen molar-refractivity contribution in [3.8, 4) is 0 Å². The number of likely N-dealkylation sites (tertiary alicyclic amines) is 1. The van der Waals surface area contributed by atoms with Crippen molar-refractivity contribution in [2.75, 3.05) is 24.5 Å². The van der Waals surface area contributed by atoms with Gasteiger partial charge in [0.25, 0.3) is 0 Å². The largest absolute Gasteiger partial charge is 0.387 e. The summed E-state index contributed by atoms with van der Waals surface area (Å²) < 4.78 is 0. The lowest BCUT2D eigenvalue weighted by atomic mass is 9.94. The molecule has 1 saturated heterocycles. The summed E-state index contributed by atoms with van der Waals surface area (Å²) in [7, 11) is 0. The standard InChI is InChI=1S/C20H30N2O2/c1-14-11-16-12-15(18(23)13-21-9-5-6-10-21)7-8-17(16)22(14)19(24)20(2,3)4/h7-8,12,14,18,23H,5-6,9-11,13H2,1-4H3/t14-,18+/m1/s1. The minimum Gasteiger partial charge on any atom is -0.387 e. The van der Waals surface area contributed by atoms with Gasteiger partial charge in [0.05, 0.1) is 6.10 Å². The fourth-order valence-electron chi connectivity index (χ4n) is 3.84. The summed E-state index contributed by atoms with van der Waals surface area (Å²) in [5, 5.41) is 10.6. The van der Waals surface area contributed by atoms with Crippen molar-refractivity contribution in [1.29, 1.82) is 0 Å². The molecule has 2 atom stereocenters. The maximum absolute atomic E-state index is 12.8. The monoisotopic (exact) mass is 330 g/mol. The van der Waals surface area contributed by atoms with Gasteiger partial charge in [-0.25, -0.2) is 0 Å². The normalized spacial score (nSPS) is 22.7. The highest BCUT2D eigenvalue weighted by molar-refractivity contribution is 5.99. The van der Waals surface area contributed by atoms with Gasteiger partial charge in [-0.05, 0) is 56.5 Å². The molecular weight excluding hydrogens is 300 g/mol. The zero-order valence-electron chi connectivity index (χ0n) is 15.4. The first-order valence-corrected chi connectivity index (χ1v) is 9.14. The van der Waals surface area contributed by atoms with Crippen molar-refractivity contribution >= 4 is 11.6 Å². The number of aliphatic hydroxyl groups excluding tert-OH is 1. The van der Waals surface area contributed by atoms with Gasteiger partial charge in [-0.1, -0.05) is 32.9 Å². The number of hydrogen-bond acceptors (Lipinski definition) is 3. The van der Waals surface area contributed by atoms with E-state index in [0.29, 0.717) is 6.54 Å². The number of fused-ring (bicyclic) bond motifs is 1. The number of amides is 1. The molecule has 1 aromatic rings. The van der Waals surface area contributed by atoms with Crippen molar-refractivity contribution < 1.29 is 9.90 Å². The molecule has 0 bridgehead atoms. The van der Waals surface area contributed by atoms with Gasteiger partial charge in [0, 0.05) is 23.7 Å². The highest BCUT2D eigenvalue weighted by atomic mass is 16.3. The second-order valence-electron chi connectivity index (χ2n) is 8.39. The van der Waals surface area contributed by atoms with Gasteiger partial charge in [-0.15, -0.1) is 0 Å². The van der Waals surface area contributed by atoms with Crippen molar-refractivity contribution in [2.24, 2.45) is 5.41 Å². The minimum atomic E-state index is -0.448. The molecule has 1 amide bonds. The van der Waals surface area contributed by atoms with Crippen LogP contribution in [0.2, 0.25) is 0 Å². The zero-order valence-corrected chi connectivity index (χ0v) is 15.4. The number of aliphatic hydroxyl groups is 1. The number of benzene rings is 1. The number of rotatable bonds is 3. The Morgan fingerprint density at radius 1 is 1.29 bits per heavy atom. The molecule has 0 radical (unpaired) electrons. The number of anilines is 1. The summed E-state index contributed by atoms with van der Waals surface area (Å²) in [5.74, 6) is 0.166. The molecule has 1 N–H and O–H groups in total. The van der Waals surface area contributed by atoms with Crippen molar-refractivity contribution in [1.82, 2.24) is 4.90 Å². The number of carbonyl (C=O) groups excluding carboxylic acids is 1. The van der Waals surface area contributed by atoms with Gasteiger partial charge < -0.3 is 14.9 Å². The molecule has 24 heavy (non-hydrogen) atoms. The van der Waals surface area contributed by atoms with Crippen LogP contribution in [0.1, 0.15) is 57.8 Å². The van der Waals surface area contributed by atoms with E-state index in [-0.39, 0.29) is 17.4 Å². The molecule has 0 aliphatic carbocycles. The second kappa shape index (κ2) is 6.49. The Hall–Kier alpha value is -1.39. The molecule has 0 spiro atoms. The van der Waals surface area contributed by atoms with Crippen LogP contribution in [0.15, 0.2) is 18.2 Å². The SMILES string of the molecule is C[C@@H]1Cc2cc([C@@H](O)CN3CCCC3)ccc2N1C(=O)C(C)(C)C. The number of β-amino-alcohol motifs (C(OH)–C–C–N with tert-alkyl or cyclic N) is 1. The Kier molecular flexibility index (Phi) is 4.71. The fraction of sp³-hybridized carbons (Fsp3) is 0.650. The molecule has 1 fully saturated rings. The lowest BCUT2D eigenvalue weighted by Gasteiger charge is -2.30. The van der Waals surface area contributed by atoms with Crippen LogP contribution in [-0.2, 0) is 11.2 Å². The Balaban J connectivity index is 1.79. The fourth-order valence-corrected chi connectivity index (χ4v) is 3.84. The first kappa shape index (κ1) is 17.4. The highest BCUT2D eigenvalue weighted by Gasteiger charge is 2.36. The molecule has 0 aromatic heterocycles. The van der Waals surface area contributed by atoms with Crippen molar-refractivity contribution in [2.45, 2.75) is 59.1 Å². The van der Waals surface area contributed by atoms with Crippen LogP contribution < -0.4 is 4.90 Å². The van der Waals surface area contributed by atoms with Crippen LogP contribution in [0.5, 0.6) is 0 Å². The summed E-state index contributed by atoms with van der Waals surface area (Å²) in [6.45, 7) is 10.9. The van der Waals surface area contributed by atoms with Gasteiger partial charge in [-0.2, -0.15) is 0 Å². The third kappa shape index (κ3) is 3.35. The maximum Gasteiger partial charge on any atom is 0.232 e. The minimum absolute atomic E-state index is 0.166. The molecule has 0 unspecified atom stereocenters. The van der Waals surface area contributed by atoms with Crippen LogP contribution in [0.25, 0.3) is 0 Å². The Labute approximate surface area is 145 Å². The van der Waals surface area contributed by atoms with E-state index in [4.69, 9.17) is 0 Å². The Morgan fingerprint density at radius 2 is 1.96 bits per heavy atom. The molecule has 1 aromatic carbocycles. The average Bonchev–Trinajstić information content (AvgIpc) is 3.11. The molecule has 2 heterocycles. The van der Waals surface area contributed by atoms with Gasteiger partial charge in [0.15, 0.2) is 0 Å². The van der Waals surface area contributed by atoms with E-state index in [2.05, 4.69) is 17.9 Å². The summed E-state index contributed by atoms with van der Waals surface area (Å²) in [6, 6.07) is 6.28. The van der Waals surface area contributed by atoms with E-state index in [1.165, 1.54) is 18.4 Å². The number of nitrogens with zero attached hydrogens (tertiary/aromatic N) is 2. The summed E-state index contributed by atoms with van der Waals surface area (Å²) >= 11 is 0. The van der Waals surface area contributed by atoms with E-state index in [9.17, 15) is 9.90 Å². The number of carbonyl (C=O) groups is 1.